The van der Waals surface area contributed by atoms with Gasteiger partial charge in [0.1, 0.15) is 5.82 Å². The van der Waals surface area contributed by atoms with Crippen molar-refractivity contribution in [2.24, 2.45) is 5.92 Å². The quantitative estimate of drug-likeness (QED) is 0.525. The molecular formula is C22H23BrFN. The van der Waals surface area contributed by atoms with Gasteiger partial charge in [0.25, 0.3) is 0 Å². The Morgan fingerprint density at radius 1 is 1.12 bits per heavy atom. The van der Waals surface area contributed by atoms with Crippen LogP contribution in [0.1, 0.15) is 55.8 Å². The molecule has 2 aliphatic rings. The summed E-state index contributed by atoms with van der Waals surface area (Å²) in [5.41, 5.74) is 4.42. The number of hydrogen-bond acceptors (Lipinski definition) is 1. The van der Waals surface area contributed by atoms with E-state index in [0.717, 1.165) is 16.5 Å². The Kier molecular flexibility index (Phi) is 4.03. The van der Waals surface area contributed by atoms with Gasteiger partial charge in [-0.15, -0.1) is 0 Å². The van der Waals surface area contributed by atoms with Gasteiger partial charge in [0.15, 0.2) is 0 Å². The summed E-state index contributed by atoms with van der Waals surface area (Å²) < 4.78 is 15.4. The van der Waals surface area contributed by atoms with E-state index >= 15 is 0 Å². The van der Waals surface area contributed by atoms with Crippen LogP contribution in [0.15, 0.2) is 53.0 Å². The summed E-state index contributed by atoms with van der Waals surface area (Å²) in [7, 11) is 0. The number of nitrogens with one attached hydrogen (secondary N) is 1. The monoisotopic (exact) mass is 399 g/mol. The van der Waals surface area contributed by atoms with Gasteiger partial charge in [-0.3, -0.25) is 0 Å². The molecule has 2 aromatic rings. The van der Waals surface area contributed by atoms with Gasteiger partial charge in [-0.1, -0.05) is 73.1 Å². The van der Waals surface area contributed by atoms with E-state index in [-0.39, 0.29) is 23.2 Å². The predicted molar refractivity (Wildman–Crippen MR) is 106 cm³/mol. The maximum Gasteiger partial charge on any atom is 0.147 e. The van der Waals surface area contributed by atoms with Crippen LogP contribution in [0.4, 0.5) is 10.1 Å². The Balaban J connectivity index is 1.74. The fraction of sp³-hybridized carbons (Fsp3) is 0.364. The van der Waals surface area contributed by atoms with Crippen molar-refractivity contribution in [2.45, 2.75) is 44.6 Å². The third kappa shape index (κ3) is 2.93. The van der Waals surface area contributed by atoms with Crippen LogP contribution in [0, 0.1) is 11.7 Å². The largest absolute Gasteiger partial charge is 0.375 e. The molecule has 0 bridgehead atoms. The Bertz CT molecular complexity index is 832. The highest BCUT2D eigenvalue weighted by molar-refractivity contribution is 9.10. The minimum Gasteiger partial charge on any atom is -0.375 e. The Hall–Kier alpha value is -1.61. The van der Waals surface area contributed by atoms with Crippen LogP contribution in [-0.2, 0) is 5.41 Å². The maximum atomic E-state index is 14.6. The minimum atomic E-state index is -0.181. The lowest BCUT2D eigenvalue weighted by molar-refractivity contribution is 0.420. The van der Waals surface area contributed by atoms with Gasteiger partial charge in [-0.25, -0.2) is 4.39 Å². The molecule has 25 heavy (non-hydrogen) atoms. The molecule has 1 aliphatic carbocycles. The summed E-state index contributed by atoms with van der Waals surface area (Å²) in [6, 6.07) is 12.6. The molecule has 0 spiro atoms. The van der Waals surface area contributed by atoms with Crippen LogP contribution in [0.3, 0.4) is 0 Å². The molecule has 130 valence electrons. The molecule has 1 heterocycles. The first-order valence-corrected chi connectivity index (χ1v) is 9.66. The average Bonchev–Trinajstić information content (AvgIpc) is 3.03. The number of hydrogen-bond donors (Lipinski definition) is 1. The van der Waals surface area contributed by atoms with Gasteiger partial charge < -0.3 is 5.32 Å². The third-order valence-corrected chi connectivity index (χ3v) is 5.98. The zero-order chi connectivity index (χ0) is 17.8. The number of anilines is 1. The molecule has 3 atom stereocenters. The number of allylic oxidation sites excluding steroid dienone is 2. The molecule has 1 N–H and O–H groups in total. The van der Waals surface area contributed by atoms with Crippen LogP contribution < -0.4 is 5.32 Å². The van der Waals surface area contributed by atoms with E-state index in [1.165, 1.54) is 11.1 Å². The maximum absolute atomic E-state index is 14.6. The van der Waals surface area contributed by atoms with E-state index < -0.39 is 0 Å². The summed E-state index contributed by atoms with van der Waals surface area (Å²) in [5.74, 6) is 0.525. The smallest absolute Gasteiger partial charge is 0.147 e. The van der Waals surface area contributed by atoms with Gasteiger partial charge in [0.2, 0.25) is 0 Å². The van der Waals surface area contributed by atoms with Crippen LogP contribution in [-0.4, -0.2) is 0 Å². The molecule has 0 aromatic heterocycles. The predicted octanol–water partition coefficient (Wildman–Crippen LogP) is 6.71. The number of fused-ring (bicyclic) bond motifs is 3. The lowest BCUT2D eigenvalue weighted by atomic mass is 9.76. The second-order valence-electron chi connectivity index (χ2n) is 8.20. The fourth-order valence-electron chi connectivity index (χ4n) is 4.14. The van der Waals surface area contributed by atoms with Crippen molar-refractivity contribution in [2.75, 3.05) is 5.32 Å². The second kappa shape index (κ2) is 5.98. The highest BCUT2D eigenvalue weighted by Crippen LogP contribution is 2.51. The summed E-state index contributed by atoms with van der Waals surface area (Å²) in [5, 5.41) is 3.50. The summed E-state index contributed by atoms with van der Waals surface area (Å²) >= 11 is 3.43. The molecule has 1 aliphatic heterocycles. The normalized spacial score (nSPS) is 24.6. The zero-order valence-electron chi connectivity index (χ0n) is 14.8. The van der Waals surface area contributed by atoms with E-state index in [9.17, 15) is 4.39 Å². The fourth-order valence-corrected chi connectivity index (χ4v) is 4.59. The summed E-state index contributed by atoms with van der Waals surface area (Å²) in [4.78, 5) is 0. The van der Waals surface area contributed by atoms with Gasteiger partial charge in [0, 0.05) is 10.4 Å². The third-order valence-electron chi connectivity index (χ3n) is 5.52. The van der Waals surface area contributed by atoms with Gasteiger partial charge in [-0.05, 0) is 46.6 Å². The minimum absolute atomic E-state index is 0.136. The van der Waals surface area contributed by atoms with E-state index in [4.69, 9.17) is 0 Å². The van der Waals surface area contributed by atoms with Crippen LogP contribution in [0.5, 0.6) is 0 Å². The van der Waals surface area contributed by atoms with Crippen LogP contribution >= 0.6 is 15.9 Å². The Morgan fingerprint density at radius 2 is 1.84 bits per heavy atom. The van der Waals surface area contributed by atoms with E-state index in [1.807, 2.05) is 0 Å². The first-order valence-electron chi connectivity index (χ1n) is 8.87. The average molecular weight is 400 g/mol. The molecule has 0 fully saturated rings. The number of rotatable bonds is 1. The van der Waals surface area contributed by atoms with Crippen LogP contribution in [0.2, 0.25) is 0 Å². The highest BCUT2D eigenvalue weighted by Gasteiger charge is 2.39. The number of halogens is 2. The molecule has 0 saturated carbocycles. The van der Waals surface area contributed by atoms with Crippen LogP contribution in [0.25, 0.3) is 0 Å². The topological polar surface area (TPSA) is 12.0 Å². The zero-order valence-corrected chi connectivity index (χ0v) is 16.4. The van der Waals surface area contributed by atoms with Gasteiger partial charge in [0.05, 0.1) is 11.7 Å². The van der Waals surface area contributed by atoms with Crippen molar-refractivity contribution >= 4 is 21.6 Å². The van der Waals surface area contributed by atoms with Crippen molar-refractivity contribution in [1.29, 1.82) is 0 Å². The molecule has 3 heteroatoms. The first kappa shape index (κ1) is 16.8. The SMILES string of the molecule is CC(C)(C)c1ccc([C@@H]2Nc3c(F)cc(Br)cc3[C@@H]3C=CC[C@@H]32)cc1. The lowest BCUT2D eigenvalue weighted by Gasteiger charge is -2.38. The second-order valence-corrected chi connectivity index (χ2v) is 9.12. The molecule has 2 aromatic carbocycles. The van der Waals surface area contributed by atoms with Crippen molar-refractivity contribution in [3.63, 3.8) is 0 Å². The standard InChI is InChI=1S/C22H23BrFN/c1-22(2,3)14-9-7-13(8-10-14)20-17-6-4-5-16(17)18-11-15(23)12-19(24)21(18)25-20/h4-5,7-12,16-17,20,25H,6H2,1-3H3/t16-,17+,20+/m1/s1. The van der Waals surface area contributed by atoms with E-state index in [0.29, 0.717) is 11.6 Å². The molecule has 0 saturated heterocycles. The number of benzene rings is 2. The molecule has 4 rings (SSSR count). The first-order chi connectivity index (χ1) is 11.8. The molecule has 0 radical (unpaired) electrons. The van der Waals surface area contributed by atoms with E-state index in [2.05, 4.69) is 84.5 Å². The Labute approximate surface area is 157 Å². The van der Waals surface area contributed by atoms with Crippen molar-refractivity contribution in [3.8, 4) is 0 Å². The van der Waals surface area contributed by atoms with Crippen molar-refractivity contribution in [3.05, 3.63) is 75.5 Å². The lowest BCUT2D eigenvalue weighted by Crippen LogP contribution is -2.29. The summed E-state index contributed by atoms with van der Waals surface area (Å²) in [6.07, 6.45) is 5.51. The molecule has 0 unspecified atom stereocenters. The Morgan fingerprint density at radius 3 is 2.52 bits per heavy atom. The highest BCUT2D eigenvalue weighted by atomic mass is 79.9. The molecular weight excluding hydrogens is 377 g/mol. The molecule has 1 nitrogen and oxygen atoms in total. The summed E-state index contributed by atoms with van der Waals surface area (Å²) in [6.45, 7) is 6.67. The van der Waals surface area contributed by atoms with Gasteiger partial charge >= 0.3 is 0 Å². The van der Waals surface area contributed by atoms with E-state index in [1.54, 1.807) is 6.07 Å². The van der Waals surface area contributed by atoms with Crippen molar-refractivity contribution < 1.29 is 4.39 Å². The molecule has 0 amide bonds. The van der Waals surface area contributed by atoms with Crippen molar-refractivity contribution in [1.82, 2.24) is 0 Å². The van der Waals surface area contributed by atoms with Gasteiger partial charge in [-0.2, -0.15) is 0 Å².